The number of hydrogen-bond acceptors (Lipinski definition) is 3. The molecule has 0 aliphatic carbocycles. The van der Waals surface area contributed by atoms with Gasteiger partial charge in [0.05, 0.1) is 10.7 Å². The summed E-state index contributed by atoms with van der Waals surface area (Å²) in [6, 6.07) is 12.9. The first kappa shape index (κ1) is 20.8. The summed E-state index contributed by atoms with van der Waals surface area (Å²) in [7, 11) is 0. The lowest BCUT2D eigenvalue weighted by atomic mass is 10.1. The number of para-hydroxylation sites is 1. The Morgan fingerprint density at radius 2 is 1.74 bits per heavy atom. The molecule has 0 unspecified atom stereocenters. The lowest BCUT2D eigenvalue weighted by Crippen LogP contribution is -2.37. The minimum absolute atomic E-state index is 0.0774. The molecule has 0 bridgehead atoms. The van der Waals surface area contributed by atoms with Crippen molar-refractivity contribution in [2.45, 2.75) is 27.7 Å². The minimum Gasteiger partial charge on any atom is -0.372 e. The number of amides is 2. The van der Waals surface area contributed by atoms with Gasteiger partial charge in [-0.3, -0.25) is 9.59 Å². The summed E-state index contributed by atoms with van der Waals surface area (Å²) < 4.78 is 0. The summed E-state index contributed by atoms with van der Waals surface area (Å²) in [4.78, 5) is 28.4. The average Bonchev–Trinajstić information content (AvgIpc) is 2.63. The molecule has 5 nitrogen and oxygen atoms in total. The van der Waals surface area contributed by atoms with E-state index in [1.165, 1.54) is 11.8 Å². The summed E-state index contributed by atoms with van der Waals surface area (Å²) in [5, 5.41) is 3.22. The molecule has 2 amide bonds. The number of nitrogens with one attached hydrogen (secondary N) is 1. The zero-order valence-corrected chi connectivity index (χ0v) is 17.0. The minimum atomic E-state index is -0.300. The Kier molecular flexibility index (Phi) is 7.25. The number of carbonyl (C=O) groups excluding carboxylic acids is 2. The monoisotopic (exact) mass is 387 g/mol. The maximum atomic E-state index is 12.5. The van der Waals surface area contributed by atoms with Gasteiger partial charge < -0.3 is 15.1 Å². The number of aryl methyl sites for hydroxylation is 1. The lowest BCUT2D eigenvalue weighted by molar-refractivity contribution is -0.120. The molecule has 0 aliphatic rings. The van der Waals surface area contributed by atoms with Gasteiger partial charge in [0.2, 0.25) is 11.8 Å². The van der Waals surface area contributed by atoms with Gasteiger partial charge in [-0.25, -0.2) is 0 Å². The van der Waals surface area contributed by atoms with Crippen LogP contribution in [0, 0.1) is 6.92 Å². The highest BCUT2D eigenvalue weighted by Crippen LogP contribution is 2.26. The van der Waals surface area contributed by atoms with E-state index in [0.29, 0.717) is 10.7 Å². The Morgan fingerprint density at radius 3 is 2.30 bits per heavy atom. The van der Waals surface area contributed by atoms with Crippen molar-refractivity contribution in [1.82, 2.24) is 0 Å². The van der Waals surface area contributed by atoms with Crippen LogP contribution in [0.3, 0.4) is 0 Å². The van der Waals surface area contributed by atoms with E-state index in [-0.39, 0.29) is 18.4 Å². The number of halogens is 1. The molecule has 144 valence electrons. The highest BCUT2D eigenvalue weighted by Gasteiger charge is 2.19. The van der Waals surface area contributed by atoms with Gasteiger partial charge >= 0.3 is 0 Å². The van der Waals surface area contributed by atoms with Gasteiger partial charge in [-0.1, -0.05) is 23.7 Å². The average molecular weight is 388 g/mol. The zero-order chi connectivity index (χ0) is 20.0. The van der Waals surface area contributed by atoms with Crippen molar-refractivity contribution in [3.8, 4) is 0 Å². The molecule has 2 aromatic carbocycles. The number of carbonyl (C=O) groups is 2. The largest absolute Gasteiger partial charge is 0.372 e. The molecule has 0 saturated carbocycles. The van der Waals surface area contributed by atoms with Crippen LogP contribution in [0.1, 0.15) is 26.3 Å². The Balaban J connectivity index is 2.21. The summed E-state index contributed by atoms with van der Waals surface area (Å²) >= 11 is 6.08. The first-order chi connectivity index (χ1) is 12.9. The van der Waals surface area contributed by atoms with Gasteiger partial charge in [-0.05, 0) is 56.7 Å². The molecular formula is C21H26ClN3O2. The van der Waals surface area contributed by atoms with Crippen LogP contribution in [0.15, 0.2) is 42.5 Å². The maximum Gasteiger partial charge on any atom is 0.244 e. The fourth-order valence-corrected chi connectivity index (χ4v) is 3.17. The summed E-state index contributed by atoms with van der Waals surface area (Å²) in [5.74, 6) is -0.492. The summed E-state index contributed by atoms with van der Waals surface area (Å²) in [6.45, 7) is 9.36. The maximum absolute atomic E-state index is 12.5. The summed E-state index contributed by atoms with van der Waals surface area (Å²) in [6.07, 6.45) is 0. The van der Waals surface area contributed by atoms with Crippen LogP contribution in [-0.4, -0.2) is 31.4 Å². The number of anilines is 3. The van der Waals surface area contributed by atoms with Gasteiger partial charge in [-0.2, -0.15) is 0 Å². The second-order valence-corrected chi connectivity index (χ2v) is 6.68. The fraction of sp³-hybridized carbons (Fsp3) is 0.333. The molecular weight excluding hydrogens is 362 g/mol. The fourth-order valence-electron chi connectivity index (χ4n) is 2.99. The third-order valence-electron chi connectivity index (χ3n) is 4.43. The van der Waals surface area contributed by atoms with Crippen molar-refractivity contribution in [2.75, 3.05) is 34.8 Å². The van der Waals surface area contributed by atoms with Crippen LogP contribution in [0.2, 0.25) is 5.02 Å². The third kappa shape index (κ3) is 5.23. The van der Waals surface area contributed by atoms with Gasteiger partial charge in [0.1, 0.15) is 6.54 Å². The predicted octanol–water partition coefficient (Wildman–Crippen LogP) is 4.49. The van der Waals surface area contributed by atoms with Crippen molar-refractivity contribution in [3.05, 3.63) is 53.1 Å². The standard InChI is InChI=1S/C21H26ClN3O2/c1-5-24(6-2)17-11-12-20(15(3)13-17)25(16(4)26)14-21(27)23-19-10-8-7-9-18(19)22/h7-13H,5-6,14H2,1-4H3,(H,23,27). The SMILES string of the molecule is CCN(CC)c1ccc(N(CC(=O)Nc2ccccc2Cl)C(C)=O)c(C)c1. The zero-order valence-electron chi connectivity index (χ0n) is 16.3. The van der Waals surface area contributed by atoms with Gasteiger partial charge in [0.15, 0.2) is 0 Å². The van der Waals surface area contributed by atoms with Crippen molar-refractivity contribution in [3.63, 3.8) is 0 Å². The molecule has 0 radical (unpaired) electrons. The van der Waals surface area contributed by atoms with E-state index in [9.17, 15) is 9.59 Å². The molecule has 0 heterocycles. The van der Waals surface area contributed by atoms with E-state index in [0.717, 1.165) is 30.0 Å². The molecule has 0 aliphatic heterocycles. The molecule has 0 spiro atoms. The number of benzene rings is 2. The molecule has 0 saturated heterocycles. The molecule has 2 aromatic rings. The molecule has 0 fully saturated rings. The van der Waals surface area contributed by atoms with Crippen LogP contribution in [-0.2, 0) is 9.59 Å². The van der Waals surface area contributed by atoms with Crippen LogP contribution in [0.4, 0.5) is 17.1 Å². The van der Waals surface area contributed by atoms with Crippen molar-refractivity contribution in [2.24, 2.45) is 0 Å². The molecule has 0 aromatic heterocycles. The van der Waals surface area contributed by atoms with Gasteiger partial charge in [-0.15, -0.1) is 0 Å². The van der Waals surface area contributed by atoms with E-state index in [2.05, 4.69) is 24.1 Å². The summed E-state index contributed by atoms with van der Waals surface area (Å²) in [5.41, 5.74) is 3.31. The van der Waals surface area contributed by atoms with Crippen LogP contribution < -0.4 is 15.1 Å². The third-order valence-corrected chi connectivity index (χ3v) is 4.76. The normalized spacial score (nSPS) is 10.4. The van der Waals surface area contributed by atoms with Crippen LogP contribution in [0.25, 0.3) is 0 Å². The van der Waals surface area contributed by atoms with Gasteiger partial charge in [0.25, 0.3) is 0 Å². The smallest absolute Gasteiger partial charge is 0.244 e. The highest BCUT2D eigenvalue weighted by molar-refractivity contribution is 6.33. The number of rotatable bonds is 7. The second kappa shape index (κ2) is 9.42. The Morgan fingerprint density at radius 1 is 1.07 bits per heavy atom. The van der Waals surface area contributed by atoms with Crippen molar-refractivity contribution >= 4 is 40.5 Å². The predicted molar refractivity (Wildman–Crippen MR) is 113 cm³/mol. The molecule has 2 rings (SSSR count). The molecule has 1 N–H and O–H groups in total. The second-order valence-electron chi connectivity index (χ2n) is 6.28. The van der Waals surface area contributed by atoms with E-state index in [1.54, 1.807) is 24.3 Å². The first-order valence-electron chi connectivity index (χ1n) is 9.05. The molecule has 27 heavy (non-hydrogen) atoms. The first-order valence-corrected chi connectivity index (χ1v) is 9.43. The van der Waals surface area contributed by atoms with Crippen LogP contribution in [0.5, 0.6) is 0 Å². The van der Waals surface area contributed by atoms with E-state index in [1.807, 2.05) is 25.1 Å². The van der Waals surface area contributed by atoms with Crippen LogP contribution >= 0.6 is 11.6 Å². The topological polar surface area (TPSA) is 52.6 Å². The van der Waals surface area contributed by atoms with E-state index in [4.69, 9.17) is 11.6 Å². The number of hydrogen-bond donors (Lipinski definition) is 1. The highest BCUT2D eigenvalue weighted by atomic mass is 35.5. The molecule has 6 heteroatoms. The van der Waals surface area contributed by atoms with Crippen molar-refractivity contribution in [1.29, 1.82) is 0 Å². The van der Waals surface area contributed by atoms with Gasteiger partial charge in [0, 0.05) is 31.4 Å². The lowest BCUT2D eigenvalue weighted by Gasteiger charge is -2.26. The Bertz CT molecular complexity index is 819. The van der Waals surface area contributed by atoms with E-state index < -0.39 is 0 Å². The Hall–Kier alpha value is -2.53. The Labute approximate surface area is 165 Å². The van der Waals surface area contributed by atoms with Crippen molar-refractivity contribution < 1.29 is 9.59 Å². The number of nitrogens with zero attached hydrogens (tertiary/aromatic N) is 2. The molecule has 0 atom stereocenters. The quantitative estimate of drug-likeness (QED) is 0.761. The van der Waals surface area contributed by atoms with E-state index >= 15 is 0 Å².